The number of amides is 2. The Hall–Kier alpha value is -2.97. The standard InChI is InChI=1S/C16H21N3O6/c1-3-4-5-12(16(22)23)18-14(20)9-17-15(21)11-6-7-13(19(24)25)10(2)8-11/h6-8,12H,3-5,9H2,1-2H3,(H,17,21)(H,18,20)(H,22,23). The largest absolute Gasteiger partial charge is 0.480 e. The lowest BCUT2D eigenvalue weighted by Gasteiger charge is -2.14. The van der Waals surface area contributed by atoms with Crippen LogP contribution in [0.15, 0.2) is 18.2 Å². The molecule has 25 heavy (non-hydrogen) atoms. The summed E-state index contributed by atoms with van der Waals surface area (Å²) in [5.41, 5.74) is 0.402. The number of carboxylic acids is 1. The van der Waals surface area contributed by atoms with Crippen LogP contribution in [-0.4, -0.2) is 40.4 Å². The van der Waals surface area contributed by atoms with E-state index in [1.54, 1.807) is 0 Å². The zero-order chi connectivity index (χ0) is 19.0. The summed E-state index contributed by atoms with van der Waals surface area (Å²) in [6.45, 7) is 3.03. The smallest absolute Gasteiger partial charge is 0.326 e. The van der Waals surface area contributed by atoms with E-state index in [1.807, 2.05) is 6.92 Å². The molecular formula is C16H21N3O6. The Kier molecular flexibility index (Phi) is 7.51. The van der Waals surface area contributed by atoms with Gasteiger partial charge in [0.15, 0.2) is 0 Å². The van der Waals surface area contributed by atoms with Crippen LogP contribution in [0.3, 0.4) is 0 Å². The van der Waals surface area contributed by atoms with Gasteiger partial charge in [0.1, 0.15) is 6.04 Å². The molecule has 1 atom stereocenters. The summed E-state index contributed by atoms with van der Waals surface area (Å²) < 4.78 is 0. The van der Waals surface area contributed by atoms with Crippen LogP contribution >= 0.6 is 0 Å². The van der Waals surface area contributed by atoms with Crippen molar-refractivity contribution >= 4 is 23.5 Å². The lowest BCUT2D eigenvalue weighted by Crippen LogP contribution is -2.45. The number of nitro groups is 1. The number of carbonyl (C=O) groups excluding carboxylic acids is 2. The molecule has 0 fully saturated rings. The SMILES string of the molecule is CCCCC(NC(=O)CNC(=O)c1ccc([N+](=O)[O-])c(C)c1)C(=O)O. The Morgan fingerprint density at radius 2 is 2.00 bits per heavy atom. The fourth-order valence-electron chi connectivity index (χ4n) is 2.18. The molecule has 0 bridgehead atoms. The second-order valence-corrected chi connectivity index (χ2v) is 5.54. The molecule has 0 spiro atoms. The second-order valence-electron chi connectivity index (χ2n) is 5.54. The molecule has 0 heterocycles. The number of nitrogens with zero attached hydrogens (tertiary/aromatic N) is 1. The van der Waals surface area contributed by atoms with Crippen LogP contribution in [0.25, 0.3) is 0 Å². The van der Waals surface area contributed by atoms with Crippen LogP contribution in [0.5, 0.6) is 0 Å². The normalized spacial score (nSPS) is 11.4. The number of carboxylic acid groups (broad SMARTS) is 1. The number of nitrogens with one attached hydrogen (secondary N) is 2. The number of rotatable bonds is 9. The monoisotopic (exact) mass is 351 g/mol. The summed E-state index contributed by atoms with van der Waals surface area (Å²) in [6.07, 6.45) is 1.77. The Morgan fingerprint density at radius 1 is 1.32 bits per heavy atom. The Bertz CT molecular complexity index is 674. The number of unbranched alkanes of at least 4 members (excludes halogenated alkanes) is 1. The van der Waals surface area contributed by atoms with E-state index in [1.165, 1.54) is 25.1 Å². The molecule has 1 aromatic carbocycles. The number of benzene rings is 1. The van der Waals surface area contributed by atoms with E-state index in [-0.39, 0.29) is 17.8 Å². The van der Waals surface area contributed by atoms with Crippen molar-refractivity contribution in [2.75, 3.05) is 6.54 Å². The van der Waals surface area contributed by atoms with Crippen LogP contribution in [0, 0.1) is 17.0 Å². The van der Waals surface area contributed by atoms with Crippen molar-refractivity contribution in [3.8, 4) is 0 Å². The molecule has 0 aliphatic carbocycles. The van der Waals surface area contributed by atoms with E-state index < -0.39 is 28.7 Å². The van der Waals surface area contributed by atoms with Gasteiger partial charge in [0.25, 0.3) is 11.6 Å². The fraction of sp³-hybridized carbons (Fsp3) is 0.438. The highest BCUT2D eigenvalue weighted by Gasteiger charge is 2.20. The highest BCUT2D eigenvalue weighted by molar-refractivity contribution is 5.97. The fourth-order valence-corrected chi connectivity index (χ4v) is 2.18. The summed E-state index contributed by atoms with van der Waals surface area (Å²) in [4.78, 5) is 45.1. The van der Waals surface area contributed by atoms with E-state index >= 15 is 0 Å². The zero-order valence-electron chi connectivity index (χ0n) is 14.1. The number of aliphatic carboxylic acids is 1. The van der Waals surface area contributed by atoms with E-state index in [9.17, 15) is 24.5 Å². The van der Waals surface area contributed by atoms with Gasteiger partial charge in [-0.3, -0.25) is 19.7 Å². The maximum absolute atomic E-state index is 12.0. The Labute approximate surface area is 144 Å². The summed E-state index contributed by atoms with van der Waals surface area (Å²) in [5.74, 6) is -2.32. The van der Waals surface area contributed by atoms with Crippen molar-refractivity contribution in [1.82, 2.24) is 10.6 Å². The van der Waals surface area contributed by atoms with Crippen molar-refractivity contribution in [3.63, 3.8) is 0 Å². The van der Waals surface area contributed by atoms with Crippen LogP contribution in [-0.2, 0) is 9.59 Å². The number of hydrogen-bond acceptors (Lipinski definition) is 5. The van der Waals surface area contributed by atoms with Gasteiger partial charge in [0, 0.05) is 17.2 Å². The number of nitro benzene ring substituents is 1. The lowest BCUT2D eigenvalue weighted by atomic mass is 10.1. The summed E-state index contributed by atoms with van der Waals surface area (Å²) >= 11 is 0. The van der Waals surface area contributed by atoms with Gasteiger partial charge in [-0.1, -0.05) is 19.8 Å². The van der Waals surface area contributed by atoms with Gasteiger partial charge in [-0.25, -0.2) is 4.79 Å². The molecule has 1 aromatic rings. The van der Waals surface area contributed by atoms with Crippen molar-refractivity contribution in [1.29, 1.82) is 0 Å². The minimum absolute atomic E-state index is 0.102. The van der Waals surface area contributed by atoms with E-state index in [2.05, 4.69) is 10.6 Å². The maximum Gasteiger partial charge on any atom is 0.326 e. The van der Waals surface area contributed by atoms with E-state index in [0.29, 0.717) is 18.4 Å². The van der Waals surface area contributed by atoms with Crippen molar-refractivity contribution in [2.45, 2.75) is 39.2 Å². The third-order valence-corrected chi connectivity index (χ3v) is 3.54. The number of hydrogen-bond donors (Lipinski definition) is 3. The van der Waals surface area contributed by atoms with Crippen molar-refractivity contribution < 1.29 is 24.4 Å². The van der Waals surface area contributed by atoms with Crippen molar-refractivity contribution in [2.24, 2.45) is 0 Å². The van der Waals surface area contributed by atoms with Crippen molar-refractivity contribution in [3.05, 3.63) is 39.4 Å². The van der Waals surface area contributed by atoms with Gasteiger partial charge in [0.2, 0.25) is 5.91 Å². The predicted molar refractivity (Wildman–Crippen MR) is 89.3 cm³/mol. The minimum Gasteiger partial charge on any atom is -0.480 e. The average Bonchev–Trinajstić information content (AvgIpc) is 2.55. The third kappa shape index (κ3) is 6.21. The first-order chi connectivity index (χ1) is 11.8. The molecule has 3 N–H and O–H groups in total. The molecule has 0 aliphatic rings. The highest BCUT2D eigenvalue weighted by Crippen LogP contribution is 2.18. The molecule has 1 unspecified atom stereocenters. The first-order valence-electron chi connectivity index (χ1n) is 7.81. The third-order valence-electron chi connectivity index (χ3n) is 3.54. The van der Waals surface area contributed by atoms with Crippen LogP contribution < -0.4 is 10.6 Å². The molecule has 2 amide bonds. The molecule has 0 aliphatic heterocycles. The van der Waals surface area contributed by atoms with Gasteiger partial charge in [-0.15, -0.1) is 0 Å². The summed E-state index contributed by atoms with van der Waals surface area (Å²) in [7, 11) is 0. The van der Waals surface area contributed by atoms with Gasteiger partial charge in [-0.05, 0) is 25.5 Å². The van der Waals surface area contributed by atoms with E-state index in [0.717, 1.165) is 6.42 Å². The second kappa shape index (κ2) is 9.36. The van der Waals surface area contributed by atoms with Gasteiger partial charge in [-0.2, -0.15) is 0 Å². The minimum atomic E-state index is -1.13. The van der Waals surface area contributed by atoms with Crippen LogP contribution in [0.2, 0.25) is 0 Å². The average molecular weight is 351 g/mol. The highest BCUT2D eigenvalue weighted by atomic mass is 16.6. The number of aryl methyl sites for hydroxylation is 1. The number of carbonyl (C=O) groups is 3. The Morgan fingerprint density at radius 3 is 2.52 bits per heavy atom. The molecule has 0 aromatic heterocycles. The van der Waals surface area contributed by atoms with Gasteiger partial charge in [0.05, 0.1) is 11.5 Å². The lowest BCUT2D eigenvalue weighted by molar-refractivity contribution is -0.385. The maximum atomic E-state index is 12.0. The summed E-state index contributed by atoms with van der Waals surface area (Å²) in [6, 6.07) is 2.87. The predicted octanol–water partition coefficient (Wildman–Crippen LogP) is 1.39. The van der Waals surface area contributed by atoms with Crippen LogP contribution in [0.1, 0.15) is 42.1 Å². The van der Waals surface area contributed by atoms with E-state index in [4.69, 9.17) is 5.11 Å². The molecule has 0 radical (unpaired) electrons. The quantitative estimate of drug-likeness (QED) is 0.454. The Balaban J connectivity index is 2.60. The van der Waals surface area contributed by atoms with Crippen LogP contribution in [0.4, 0.5) is 5.69 Å². The first-order valence-corrected chi connectivity index (χ1v) is 7.81. The molecule has 1 rings (SSSR count). The molecule has 0 saturated heterocycles. The molecule has 0 saturated carbocycles. The first kappa shape index (κ1) is 20.1. The molecular weight excluding hydrogens is 330 g/mol. The molecule has 9 heteroatoms. The molecule has 9 nitrogen and oxygen atoms in total. The zero-order valence-corrected chi connectivity index (χ0v) is 14.1. The van der Waals surface area contributed by atoms with Gasteiger partial charge < -0.3 is 15.7 Å². The molecule has 136 valence electrons. The summed E-state index contributed by atoms with van der Waals surface area (Å²) in [5, 5.41) is 24.5. The van der Waals surface area contributed by atoms with Gasteiger partial charge >= 0.3 is 5.97 Å². The topological polar surface area (TPSA) is 139 Å².